The van der Waals surface area contributed by atoms with Crippen LogP contribution in [0.1, 0.15) is 35.7 Å². The summed E-state index contributed by atoms with van der Waals surface area (Å²) in [7, 11) is 0. The van der Waals surface area contributed by atoms with Crippen LogP contribution in [0, 0.1) is 0 Å². The fourth-order valence-corrected chi connectivity index (χ4v) is 2.46. The average Bonchev–Trinajstić information content (AvgIpc) is 2.81. The summed E-state index contributed by atoms with van der Waals surface area (Å²) in [6, 6.07) is 13.4. The van der Waals surface area contributed by atoms with E-state index < -0.39 is 24.5 Å². The van der Waals surface area contributed by atoms with Gasteiger partial charge in [-0.1, -0.05) is 38.1 Å². The molecule has 2 aromatic carbocycles. The van der Waals surface area contributed by atoms with Crippen molar-refractivity contribution in [1.82, 2.24) is 0 Å². The standard InChI is InChI=1S/C25H27NO6/c1-3-5-17-31-25(29)20-9-11-21(12-10-20)26-23(27)18-32-24(28)15-8-19-6-13-22(14-7-19)30-16-4-2/h4,6-15H,2-3,5,16-18H2,1H3,(H,26,27)/b15-8+. The minimum absolute atomic E-state index is 0.378. The van der Waals surface area contributed by atoms with Crippen LogP contribution >= 0.6 is 0 Å². The van der Waals surface area contributed by atoms with Gasteiger partial charge in [0.25, 0.3) is 5.91 Å². The third kappa shape index (κ3) is 8.87. The van der Waals surface area contributed by atoms with Gasteiger partial charge in [-0.2, -0.15) is 0 Å². The van der Waals surface area contributed by atoms with Gasteiger partial charge in [0.15, 0.2) is 6.61 Å². The van der Waals surface area contributed by atoms with E-state index in [1.54, 1.807) is 60.7 Å². The highest BCUT2D eigenvalue weighted by Crippen LogP contribution is 2.13. The molecule has 2 rings (SSSR count). The molecule has 0 aliphatic carbocycles. The second-order valence-electron chi connectivity index (χ2n) is 6.72. The fraction of sp³-hybridized carbons (Fsp3) is 0.240. The van der Waals surface area contributed by atoms with Crippen molar-refractivity contribution in [3.8, 4) is 5.75 Å². The van der Waals surface area contributed by atoms with Gasteiger partial charge in [-0.3, -0.25) is 4.79 Å². The summed E-state index contributed by atoms with van der Waals surface area (Å²) in [6.45, 7) is 5.96. The number of hydrogen-bond acceptors (Lipinski definition) is 6. The van der Waals surface area contributed by atoms with Crippen LogP contribution in [-0.4, -0.2) is 37.7 Å². The number of amides is 1. The van der Waals surface area contributed by atoms with Crippen molar-refractivity contribution in [3.63, 3.8) is 0 Å². The van der Waals surface area contributed by atoms with Crippen LogP contribution in [0.2, 0.25) is 0 Å². The van der Waals surface area contributed by atoms with Gasteiger partial charge in [0, 0.05) is 11.8 Å². The molecule has 32 heavy (non-hydrogen) atoms. The number of benzene rings is 2. The number of unbranched alkanes of at least 4 members (excludes halogenated alkanes) is 1. The lowest BCUT2D eigenvalue weighted by Gasteiger charge is -2.07. The zero-order valence-electron chi connectivity index (χ0n) is 18.0. The smallest absolute Gasteiger partial charge is 0.338 e. The van der Waals surface area contributed by atoms with Crippen LogP contribution in [0.15, 0.2) is 67.3 Å². The van der Waals surface area contributed by atoms with Crippen LogP contribution in [0.25, 0.3) is 6.08 Å². The first kappa shape index (κ1) is 24.4. The SMILES string of the molecule is C=CCOc1ccc(/C=C/C(=O)OCC(=O)Nc2ccc(C(=O)OCCCC)cc2)cc1. The Hall–Kier alpha value is -3.87. The lowest BCUT2D eigenvalue weighted by molar-refractivity contribution is -0.142. The summed E-state index contributed by atoms with van der Waals surface area (Å²) in [5.41, 5.74) is 1.66. The van der Waals surface area contributed by atoms with Crippen molar-refractivity contribution in [1.29, 1.82) is 0 Å². The molecule has 0 bridgehead atoms. The molecule has 0 saturated carbocycles. The zero-order chi connectivity index (χ0) is 23.2. The van der Waals surface area contributed by atoms with Gasteiger partial charge in [-0.15, -0.1) is 0 Å². The van der Waals surface area contributed by atoms with Crippen LogP contribution in [0.3, 0.4) is 0 Å². The molecule has 0 aliphatic rings. The number of nitrogens with one attached hydrogen (secondary N) is 1. The Morgan fingerprint density at radius 2 is 1.72 bits per heavy atom. The van der Waals surface area contributed by atoms with E-state index in [9.17, 15) is 14.4 Å². The van der Waals surface area contributed by atoms with E-state index in [4.69, 9.17) is 14.2 Å². The summed E-state index contributed by atoms with van der Waals surface area (Å²) >= 11 is 0. The number of ether oxygens (including phenoxy) is 3. The number of anilines is 1. The van der Waals surface area contributed by atoms with Crippen LogP contribution in [0.5, 0.6) is 5.75 Å². The number of hydrogen-bond donors (Lipinski definition) is 1. The molecular formula is C25H27NO6. The fourth-order valence-electron chi connectivity index (χ4n) is 2.46. The molecule has 0 fully saturated rings. The second kappa shape index (κ2) is 13.4. The third-order valence-corrected chi connectivity index (χ3v) is 4.14. The average molecular weight is 437 g/mol. The molecule has 2 aromatic rings. The molecule has 0 radical (unpaired) electrons. The van der Waals surface area contributed by atoms with E-state index in [2.05, 4.69) is 11.9 Å². The van der Waals surface area contributed by atoms with Crippen molar-refractivity contribution in [2.24, 2.45) is 0 Å². The van der Waals surface area contributed by atoms with E-state index in [-0.39, 0.29) is 0 Å². The summed E-state index contributed by atoms with van der Waals surface area (Å²) < 4.78 is 15.5. The van der Waals surface area contributed by atoms with Crippen molar-refractivity contribution in [3.05, 3.63) is 78.4 Å². The molecule has 0 heterocycles. The largest absolute Gasteiger partial charge is 0.490 e. The number of esters is 2. The summed E-state index contributed by atoms with van der Waals surface area (Å²) in [4.78, 5) is 35.7. The van der Waals surface area contributed by atoms with Gasteiger partial charge in [0.2, 0.25) is 0 Å². The first-order valence-electron chi connectivity index (χ1n) is 10.3. The van der Waals surface area contributed by atoms with E-state index in [1.165, 1.54) is 6.08 Å². The molecule has 0 aromatic heterocycles. The van der Waals surface area contributed by atoms with Gasteiger partial charge in [0.1, 0.15) is 12.4 Å². The van der Waals surface area contributed by atoms with Gasteiger partial charge in [-0.25, -0.2) is 9.59 Å². The Bertz CT molecular complexity index is 932. The monoisotopic (exact) mass is 437 g/mol. The van der Waals surface area contributed by atoms with Gasteiger partial charge < -0.3 is 19.5 Å². The normalized spacial score (nSPS) is 10.4. The molecular weight excluding hydrogens is 410 g/mol. The molecule has 1 N–H and O–H groups in total. The number of rotatable bonds is 12. The Labute approximate surface area is 187 Å². The maximum Gasteiger partial charge on any atom is 0.338 e. The first-order chi connectivity index (χ1) is 15.5. The van der Waals surface area contributed by atoms with Crippen molar-refractivity contribution in [2.75, 3.05) is 25.1 Å². The Morgan fingerprint density at radius 3 is 2.38 bits per heavy atom. The van der Waals surface area contributed by atoms with Crippen molar-refractivity contribution >= 4 is 29.6 Å². The summed E-state index contributed by atoms with van der Waals surface area (Å²) in [5, 5.41) is 2.60. The first-order valence-corrected chi connectivity index (χ1v) is 10.3. The zero-order valence-corrected chi connectivity index (χ0v) is 18.0. The highest BCUT2D eigenvalue weighted by Gasteiger charge is 2.09. The molecule has 0 aliphatic heterocycles. The number of carbonyl (C=O) groups excluding carboxylic acids is 3. The van der Waals surface area contributed by atoms with Gasteiger partial charge in [0.05, 0.1) is 12.2 Å². The van der Waals surface area contributed by atoms with E-state index in [0.29, 0.717) is 30.2 Å². The van der Waals surface area contributed by atoms with Crippen molar-refractivity contribution < 1.29 is 28.6 Å². The number of carbonyl (C=O) groups is 3. The molecule has 0 unspecified atom stereocenters. The highest BCUT2D eigenvalue weighted by molar-refractivity contribution is 5.95. The molecule has 0 saturated heterocycles. The Morgan fingerprint density at radius 1 is 1.00 bits per heavy atom. The van der Waals surface area contributed by atoms with E-state index >= 15 is 0 Å². The van der Waals surface area contributed by atoms with Gasteiger partial charge >= 0.3 is 11.9 Å². The molecule has 0 spiro atoms. The molecule has 7 nitrogen and oxygen atoms in total. The molecule has 0 atom stereocenters. The lowest BCUT2D eigenvalue weighted by atomic mass is 10.2. The summed E-state index contributed by atoms with van der Waals surface area (Å²) in [5.74, 6) is -0.843. The maximum atomic E-state index is 12.0. The summed E-state index contributed by atoms with van der Waals surface area (Å²) in [6.07, 6.45) is 6.23. The quantitative estimate of drug-likeness (QED) is 0.229. The maximum absolute atomic E-state index is 12.0. The minimum atomic E-state index is -0.641. The van der Waals surface area contributed by atoms with E-state index in [0.717, 1.165) is 18.4 Å². The Balaban J connectivity index is 1.75. The van der Waals surface area contributed by atoms with Crippen LogP contribution in [-0.2, 0) is 19.1 Å². The van der Waals surface area contributed by atoms with Crippen LogP contribution in [0.4, 0.5) is 5.69 Å². The molecule has 168 valence electrons. The minimum Gasteiger partial charge on any atom is -0.490 e. The van der Waals surface area contributed by atoms with Crippen molar-refractivity contribution in [2.45, 2.75) is 19.8 Å². The predicted molar refractivity (Wildman–Crippen MR) is 122 cm³/mol. The predicted octanol–water partition coefficient (Wildman–Crippen LogP) is 4.40. The topological polar surface area (TPSA) is 90.9 Å². The van der Waals surface area contributed by atoms with Gasteiger partial charge in [-0.05, 0) is 54.5 Å². The Kier molecular flexibility index (Phi) is 10.2. The highest BCUT2D eigenvalue weighted by atomic mass is 16.5. The van der Waals surface area contributed by atoms with Crippen LogP contribution < -0.4 is 10.1 Å². The third-order valence-electron chi connectivity index (χ3n) is 4.14. The molecule has 7 heteroatoms. The lowest BCUT2D eigenvalue weighted by Crippen LogP contribution is -2.20. The second-order valence-corrected chi connectivity index (χ2v) is 6.72. The molecule has 1 amide bonds. The van der Waals surface area contributed by atoms with E-state index in [1.807, 2.05) is 6.92 Å².